The van der Waals surface area contributed by atoms with Crippen LogP contribution in [-0.4, -0.2) is 10.9 Å². The molecule has 1 rings (SSSR count). The SMILES string of the molecule is NNC(=O)c1ccccc1C(N)=S. The van der Waals surface area contributed by atoms with E-state index in [9.17, 15) is 4.79 Å². The number of carbonyl (C=O) groups is 1. The zero-order valence-corrected chi connectivity index (χ0v) is 7.60. The predicted molar refractivity (Wildman–Crippen MR) is 54.0 cm³/mol. The van der Waals surface area contributed by atoms with Gasteiger partial charge in [0.05, 0.1) is 5.56 Å². The number of amides is 1. The van der Waals surface area contributed by atoms with E-state index < -0.39 is 5.91 Å². The molecule has 0 bridgehead atoms. The first kappa shape index (κ1) is 9.63. The zero-order chi connectivity index (χ0) is 9.84. The third-order valence-corrected chi connectivity index (χ3v) is 1.79. The quantitative estimate of drug-likeness (QED) is 0.267. The first-order chi connectivity index (χ1) is 6.16. The fourth-order valence-electron chi connectivity index (χ4n) is 0.974. The van der Waals surface area contributed by atoms with Crippen molar-refractivity contribution in [3.8, 4) is 0 Å². The molecule has 5 N–H and O–H groups in total. The largest absolute Gasteiger partial charge is 0.389 e. The average Bonchev–Trinajstić information content (AvgIpc) is 2.16. The highest BCUT2D eigenvalue weighted by Gasteiger charge is 2.10. The Labute approximate surface area is 80.9 Å². The highest BCUT2D eigenvalue weighted by Crippen LogP contribution is 2.07. The van der Waals surface area contributed by atoms with Crippen LogP contribution in [0.15, 0.2) is 24.3 Å². The number of hydrogen-bond donors (Lipinski definition) is 3. The van der Waals surface area contributed by atoms with Crippen LogP contribution in [0.2, 0.25) is 0 Å². The van der Waals surface area contributed by atoms with Crippen molar-refractivity contribution in [2.24, 2.45) is 11.6 Å². The summed E-state index contributed by atoms with van der Waals surface area (Å²) in [7, 11) is 0. The second kappa shape index (κ2) is 3.97. The van der Waals surface area contributed by atoms with Crippen molar-refractivity contribution in [3.05, 3.63) is 35.4 Å². The van der Waals surface area contributed by atoms with Gasteiger partial charge in [0.25, 0.3) is 5.91 Å². The van der Waals surface area contributed by atoms with Gasteiger partial charge in [0, 0.05) is 5.56 Å². The van der Waals surface area contributed by atoms with Gasteiger partial charge in [0.1, 0.15) is 4.99 Å². The molecule has 0 aromatic heterocycles. The van der Waals surface area contributed by atoms with Crippen molar-refractivity contribution in [2.45, 2.75) is 0 Å². The third kappa shape index (κ3) is 2.01. The minimum Gasteiger partial charge on any atom is -0.389 e. The predicted octanol–water partition coefficient (Wildman–Crippen LogP) is -0.0757. The summed E-state index contributed by atoms with van der Waals surface area (Å²) in [6.07, 6.45) is 0. The van der Waals surface area contributed by atoms with Gasteiger partial charge >= 0.3 is 0 Å². The van der Waals surface area contributed by atoms with Gasteiger partial charge in [-0.05, 0) is 6.07 Å². The summed E-state index contributed by atoms with van der Waals surface area (Å²) in [6.45, 7) is 0. The number of nitrogens with one attached hydrogen (secondary N) is 1. The Morgan fingerprint density at radius 3 is 2.31 bits per heavy atom. The van der Waals surface area contributed by atoms with Gasteiger partial charge < -0.3 is 5.73 Å². The number of thiocarbonyl (C=S) groups is 1. The van der Waals surface area contributed by atoms with Gasteiger partial charge in [-0.3, -0.25) is 10.2 Å². The molecule has 1 aromatic rings. The van der Waals surface area contributed by atoms with Crippen LogP contribution in [0.3, 0.4) is 0 Å². The van der Waals surface area contributed by atoms with Crippen LogP contribution < -0.4 is 17.0 Å². The van der Waals surface area contributed by atoms with Gasteiger partial charge in [0.2, 0.25) is 0 Å². The van der Waals surface area contributed by atoms with E-state index >= 15 is 0 Å². The summed E-state index contributed by atoms with van der Waals surface area (Å²) >= 11 is 4.77. The van der Waals surface area contributed by atoms with E-state index in [0.29, 0.717) is 11.1 Å². The highest BCUT2D eigenvalue weighted by molar-refractivity contribution is 7.80. The fraction of sp³-hybridized carbons (Fsp3) is 0. The molecule has 0 atom stereocenters. The smallest absolute Gasteiger partial charge is 0.265 e. The molecule has 68 valence electrons. The van der Waals surface area contributed by atoms with Crippen LogP contribution in [0.4, 0.5) is 0 Å². The van der Waals surface area contributed by atoms with Crippen molar-refractivity contribution in [1.29, 1.82) is 0 Å². The Bertz CT molecular complexity index is 351. The normalized spacial score (nSPS) is 9.31. The second-order valence-electron chi connectivity index (χ2n) is 2.38. The molecule has 13 heavy (non-hydrogen) atoms. The number of nitrogens with two attached hydrogens (primary N) is 2. The lowest BCUT2D eigenvalue weighted by molar-refractivity contribution is 0.0953. The average molecular weight is 195 g/mol. The molecule has 1 aromatic carbocycles. The van der Waals surface area contributed by atoms with E-state index in [4.69, 9.17) is 23.8 Å². The molecule has 0 unspecified atom stereocenters. The monoisotopic (exact) mass is 195 g/mol. The molecule has 0 aliphatic rings. The Morgan fingerprint density at radius 2 is 1.85 bits per heavy atom. The molecule has 0 saturated carbocycles. The first-order valence-corrected chi connectivity index (χ1v) is 3.97. The highest BCUT2D eigenvalue weighted by atomic mass is 32.1. The maximum absolute atomic E-state index is 11.2. The molecule has 0 fully saturated rings. The van der Waals surface area contributed by atoms with Gasteiger partial charge in [-0.15, -0.1) is 0 Å². The van der Waals surface area contributed by atoms with Gasteiger partial charge in [-0.1, -0.05) is 30.4 Å². The number of carbonyl (C=O) groups excluding carboxylic acids is 1. The molecule has 0 aliphatic heterocycles. The van der Waals surface area contributed by atoms with E-state index in [-0.39, 0.29) is 4.99 Å². The maximum Gasteiger partial charge on any atom is 0.265 e. The molecule has 1 amide bonds. The van der Waals surface area contributed by atoms with E-state index in [0.717, 1.165) is 0 Å². The first-order valence-electron chi connectivity index (χ1n) is 3.56. The Morgan fingerprint density at radius 1 is 1.31 bits per heavy atom. The maximum atomic E-state index is 11.2. The van der Waals surface area contributed by atoms with Crippen molar-refractivity contribution in [3.63, 3.8) is 0 Å². The lowest BCUT2D eigenvalue weighted by Crippen LogP contribution is -2.31. The third-order valence-electron chi connectivity index (χ3n) is 1.57. The molecule has 0 radical (unpaired) electrons. The molecule has 0 spiro atoms. The Hall–Kier alpha value is -1.46. The topological polar surface area (TPSA) is 81.1 Å². The molecule has 0 saturated heterocycles. The number of hydrazine groups is 1. The number of nitrogen functional groups attached to an aromatic ring is 1. The van der Waals surface area contributed by atoms with Crippen LogP contribution in [0.5, 0.6) is 0 Å². The van der Waals surface area contributed by atoms with Crippen LogP contribution in [-0.2, 0) is 0 Å². The summed E-state index contributed by atoms with van der Waals surface area (Å²) in [4.78, 5) is 11.4. The number of hydrogen-bond acceptors (Lipinski definition) is 3. The van der Waals surface area contributed by atoms with Crippen LogP contribution in [0.25, 0.3) is 0 Å². The van der Waals surface area contributed by atoms with Gasteiger partial charge in [0.15, 0.2) is 0 Å². The Kier molecular flexibility index (Phi) is 2.94. The zero-order valence-electron chi connectivity index (χ0n) is 6.78. The summed E-state index contributed by atoms with van der Waals surface area (Å²) in [5.41, 5.74) is 8.35. The summed E-state index contributed by atoms with van der Waals surface area (Å²) < 4.78 is 0. The fourth-order valence-corrected chi connectivity index (χ4v) is 1.15. The van der Waals surface area contributed by atoms with Gasteiger partial charge in [-0.2, -0.15) is 0 Å². The second-order valence-corrected chi connectivity index (χ2v) is 2.82. The lowest BCUT2D eigenvalue weighted by Gasteiger charge is -2.05. The van der Waals surface area contributed by atoms with E-state index in [2.05, 4.69) is 0 Å². The molecule has 0 heterocycles. The summed E-state index contributed by atoms with van der Waals surface area (Å²) in [5.74, 6) is 4.59. The standard InChI is InChI=1S/C8H9N3OS/c9-7(13)5-3-1-2-4-6(5)8(12)11-10/h1-4H,10H2,(H2,9,13)(H,11,12). The Balaban J connectivity index is 3.19. The van der Waals surface area contributed by atoms with Crippen molar-refractivity contribution in [2.75, 3.05) is 0 Å². The van der Waals surface area contributed by atoms with E-state index in [1.54, 1.807) is 24.3 Å². The van der Waals surface area contributed by atoms with Gasteiger partial charge in [-0.25, -0.2) is 5.84 Å². The van der Waals surface area contributed by atoms with Crippen molar-refractivity contribution >= 4 is 23.1 Å². The van der Waals surface area contributed by atoms with Crippen LogP contribution in [0.1, 0.15) is 15.9 Å². The summed E-state index contributed by atoms with van der Waals surface area (Å²) in [5, 5.41) is 0. The molecule has 5 heteroatoms. The van der Waals surface area contributed by atoms with E-state index in [1.807, 2.05) is 5.43 Å². The van der Waals surface area contributed by atoms with E-state index in [1.165, 1.54) is 0 Å². The van der Waals surface area contributed by atoms with Crippen molar-refractivity contribution < 1.29 is 4.79 Å². The van der Waals surface area contributed by atoms with Crippen molar-refractivity contribution in [1.82, 2.24) is 5.43 Å². The van der Waals surface area contributed by atoms with Crippen LogP contribution in [0, 0.1) is 0 Å². The number of benzene rings is 1. The molecular formula is C8H9N3OS. The minimum absolute atomic E-state index is 0.180. The lowest BCUT2D eigenvalue weighted by atomic mass is 10.1. The summed E-state index contributed by atoms with van der Waals surface area (Å²) in [6, 6.07) is 6.75. The molecular weight excluding hydrogens is 186 g/mol. The molecule has 0 aliphatic carbocycles. The van der Waals surface area contributed by atoms with Crippen LogP contribution >= 0.6 is 12.2 Å². The minimum atomic E-state index is -0.400. The number of rotatable bonds is 2. The molecule has 4 nitrogen and oxygen atoms in total.